The predicted octanol–water partition coefficient (Wildman–Crippen LogP) is -0.449. The second kappa shape index (κ2) is 6.45. The topological polar surface area (TPSA) is 114 Å². The molecule has 7 heteroatoms. The van der Waals surface area contributed by atoms with Crippen LogP contribution in [0.2, 0.25) is 0 Å². The number of carboxylic acids is 1. The van der Waals surface area contributed by atoms with Gasteiger partial charge in [0.2, 0.25) is 11.8 Å². The second-order valence-electron chi connectivity index (χ2n) is 7.53. The number of aromatic hydroxyl groups is 1. The van der Waals surface area contributed by atoms with Gasteiger partial charge in [-0.15, -0.1) is 0 Å². The summed E-state index contributed by atoms with van der Waals surface area (Å²) in [6, 6.07) is 9.99. The first-order valence-electron chi connectivity index (χ1n) is 9.09. The van der Waals surface area contributed by atoms with Crippen molar-refractivity contribution in [3.63, 3.8) is 0 Å². The van der Waals surface area contributed by atoms with Crippen LogP contribution in [0.15, 0.2) is 42.5 Å². The Morgan fingerprint density at radius 3 is 2.25 bits per heavy atom. The van der Waals surface area contributed by atoms with Crippen LogP contribution in [0.1, 0.15) is 22.7 Å². The largest absolute Gasteiger partial charge is 0.544 e. The van der Waals surface area contributed by atoms with Crippen molar-refractivity contribution in [3.8, 4) is 5.75 Å². The molecule has 144 valence electrons. The van der Waals surface area contributed by atoms with Gasteiger partial charge < -0.3 is 20.3 Å². The molecule has 28 heavy (non-hydrogen) atoms. The summed E-state index contributed by atoms with van der Waals surface area (Å²) in [5.74, 6) is -4.34. The molecule has 2 aromatic rings. The summed E-state index contributed by atoms with van der Waals surface area (Å²) >= 11 is 0. The fourth-order valence-corrected chi connectivity index (χ4v) is 4.56. The number of phenols is 1. The number of nitrogens with two attached hydrogens (primary N) is 1. The SMILES string of the molecule is Cc1cc(C)cc(N2C(=O)[C@@H]3[C@@H](C2=O)[C@@H](c2ccccc2O)[NH2+][C@@H]3C(=O)[O-])c1. The lowest BCUT2D eigenvalue weighted by molar-refractivity contribution is -0.705. The van der Waals surface area contributed by atoms with E-state index in [1.54, 1.807) is 30.3 Å². The number of carbonyl (C=O) groups is 3. The number of para-hydroxylation sites is 1. The molecular formula is C21H20N2O5. The summed E-state index contributed by atoms with van der Waals surface area (Å²) in [4.78, 5) is 39.2. The number of aliphatic carboxylic acids is 1. The number of rotatable bonds is 3. The van der Waals surface area contributed by atoms with E-state index < -0.39 is 41.7 Å². The molecular weight excluding hydrogens is 360 g/mol. The Balaban J connectivity index is 1.81. The molecule has 0 aliphatic carbocycles. The first kappa shape index (κ1) is 18.2. The maximum Gasteiger partial charge on any atom is 0.244 e. The maximum atomic E-state index is 13.3. The highest BCUT2D eigenvalue weighted by atomic mass is 16.4. The van der Waals surface area contributed by atoms with Crippen LogP contribution in [0.5, 0.6) is 5.75 Å². The standard InChI is InChI=1S/C21H20N2O5/c1-10-7-11(2)9-12(8-10)23-19(25)15-16(20(23)26)18(21(27)28)22-17(15)13-5-3-4-6-14(13)24/h3-9,15-18,22,24H,1-2H3,(H,27,28)/t15-,16-,17-,18+/m1/s1. The van der Waals surface area contributed by atoms with Crippen molar-refractivity contribution in [2.24, 2.45) is 11.8 Å². The highest BCUT2D eigenvalue weighted by Gasteiger charge is 2.63. The molecule has 0 bridgehead atoms. The molecule has 2 amide bonds. The lowest BCUT2D eigenvalue weighted by Gasteiger charge is -2.22. The van der Waals surface area contributed by atoms with Crippen LogP contribution >= 0.6 is 0 Å². The molecule has 0 radical (unpaired) electrons. The van der Waals surface area contributed by atoms with Crippen molar-refractivity contribution in [3.05, 3.63) is 59.2 Å². The number of anilines is 1. The van der Waals surface area contributed by atoms with E-state index in [0.717, 1.165) is 16.0 Å². The van der Waals surface area contributed by atoms with Crippen LogP contribution in [0, 0.1) is 25.7 Å². The number of fused-ring (bicyclic) bond motifs is 1. The smallest absolute Gasteiger partial charge is 0.244 e. The summed E-state index contributed by atoms with van der Waals surface area (Å²) in [5, 5.41) is 23.4. The summed E-state index contributed by atoms with van der Waals surface area (Å²) in [6.45, 7) is 3.73. The van der Waals surface area contributed by atoms with Crippen molar-refractivity contribution in [1.82, 2.24) is 0 Å². The van der Waals surface area contributed by atoms with E-state index >= 15 is 0 Å². The summed E-state index contributed by atoms with van der Waals surface area (Å²) in [7, 11) is 0. The molecule has 2 heterocycles. The third kappa shape index (κ3) is 2.66. The van der Waals surface area contributed by atoms with Gasteiger partial charge in [-0.2, -0.15) is 0 Å². The summed E-state index contributed by atoms with van der Waals surface area (Å²) in [6.07, 6.45) is 0. The number of hydrogen-bond donors (Lipinski definition) is 2. The molecule has 7 nitrogen and oxygen atoms in total. The number of quaternary nitrogens is 1. The number of aryl methyl sites for hydroxylation is 2. The van der Waals surface area contributed by atoms with Crippen molar-refractivity contribution in [2.75, 3.05) is 4.90 Å². The fourth-order valence-electron chi connectivity index (χ4n) is 4.56. The Morgan fingerprint density at radius 1 is 1.04 bits per heavy atom. The quantitative estimate of drug-likeness (QED) is 0.700. The van der Waals surface area contributed by atoms with Crippen LogP contribution in [0.25, 0.3) is 0 Å². The summed E-state index contributed by atoms with van der Waals surface area (Å²) < 4.78 is 0. The zero-order chi connectivity index (χ0) is 20.2. The zero-order valence-electron chi connectivity index (χ0n) is 15.5. The highest BCUT2D eigenvalue weighted by Crippen LogP contribution is 2.43. The van der Waals surface area contributed by atoms with E-state index in [1.807, 2.05) is 19.9 Å². The van der Waals surface area contributed by atoms with Crippen molar-refractivity contribution >= 4 is 23.5 Å². The molecule has 2 aliphatic rings. The van der Waals surface area contributed by atoms with E-state index in [9.17, 15) is 24.6 Å². The fraction of sp³-hybridized carbons (Fsp3) is 0.286. The van der Waals surface area contributed by atoms with Gasteiger partial charge >= 0.3 is 0 Å². The van der Waals surface area contributed by atoms with Crippen LogP contribution in [0.4, 0.5) is 5.69 Å². The highest BCUT2D eigenvalue weighted by molar-refractivity contribution is 6.23. The Hall–Kier alpha value is -3.19. The minimum absolute atomic E-state index is 0.0356. The minimum Gasteiger partial charge on any atom is -0.544 e. The Labute approximate surface area is 161 Å². The summed E-state index contributed by atoms with van der Waals surface area (Å²) in [5.41, 5.74) is 2.67. The van der Waals surface area contributed by atoms with E-state index in [0.29, 0.717) is 11.3 Å². The molecule has 4 rings (SSSR count). The zero-order valence-corrected chi connectivity index (χ0v) is 15.5. The number of hydrogen-bond acceptors (Lipinski definition) is 5. The van der Waals surface area contributed by atoms with Gasteiger partial charge in [0.15, 0.2) is 0 Å². The first-order valence-corrected chi connectivity index (χ1v) is 9.09. The molecule has 2 saturated heterocycles. The van der Waals surface area contributed by atoms with E-state index in [1.165, 1.54) is 11.4 Å². The number of imide groups is 1. The van der Waals surface area contributed by atoms with Crippen molar-refractivity contribution < 1.29 is 29.9 Å². The molecule has 0 saturated carbocycles. The number of phenolic OH excluding ortho intramolecular Hbond substituents is 1. The average Bonchev–Trinajstić information content (AvgIpc) is 3.12. The molecule has 3 N–H and O–H groups in total. The third-order valence-corrected chi connectivity index (χ3v) is 5.62. The van der Waals surface area contributed by atoms with Gasteiger partial charge in [0.1, 0.15) is 35.6 Å². The predicted molar refractivity (Wildman–Crippen MR) is 97.0 cm³/mol. The van der Waals surface area contributed by atoms with E-state index in [4.69, 9.17) is 0 Å². The third-order valence-electron chi connectivity index (χ3n) is 5.62. The van der Waals surface area contributed by atoms with E-state index in [2.05, 4.69) is 0 Å². The molecule has 0 spiro atoms. The number of benzene rings is 2. The van der Waals surface area contributed by atoms with Crippen molar-refractivity contribution in [2.45, 2.75) is 25.9 Å². The van der Waals surface area contributed by atoms with Crippen LogP contribution in [-0.2, 0) is 14.4 Å². The average molecular weight is 380 g/mol. The Morgan fingerprint density at radius 2 is 1.64 bits per heavy atom. The Kier molecular flexibility index (Phi) is 4.19. The van der Waals surface area contributed by atoms with Gasteiger partial charge in [0.05, 0.1) is 11.3 Å². The van der Waals surface area contributed by atoms with Crippen LogP contribution < -0.4 is 15.3 Å². The number of nitrogens with zero attached hydrogens (tertiary/aromatic N) is 1. The van der Waals surface area contributed by atoms with Gasteiger partial charge in [-0.1, -0.05) is 18.2 Å². The number of carboxylic acid groups (broad SMARTS) is 1. The van der Waals surface area contributed by atoms with E-state index in [-0.39, 0.29) is 5.75 Å². The maximum absolute atomic E-state index is 13.3. The van der Waals surface area contributed by atoms with Gasteiger partial charge in [0.25, 0.3) is 0 Å². The second-order valence-corrected chi connectivity index (χ2v) is 7.53. The van der Waals surface area contributed by atoms with Crippen LogP contribution in [-0.4, -0.2) is 28.9 Å². The normalized spacial score (nSPS) is 26.6. The minimum atomic E-state index is -1.39. The molecule has 2 fully saturated rings. The van der Waals surface area contributed by atoms with Gasteiger partial charge in [0, 0.05) is 0 Å². The van der Waals surface area contributed by atoms with Crippen LogP contribution in [0.3, 0.4) is 0 Å². The van der Waals surface area contributed by atoms with Crippen molar-refractivity contribution in [1.29, 1.82) is 0 Å². The van der Waals surface area contributed by atoms with Gasteiger partial charge in [-0.05, 0) is 49.2 Å². The first-order chi connectivity index (χ1) is 13.3. The molecule has 2 aliphatic heterocycles. The Bertz CT molecular complexity index is 982. The number of amides is 2. The lowest BCUT2D eigenvalue weighted by atomic mass is 9.86. The molecule has 4 atom stereocenters. The number of carbonyl (C=O) groups excluding carboxylic acids is 3. The lowest BCUT2D eigenvalue weighted by Crippen LogP contribution is -2.92. The monoisotopic (exact) mass is 380 g/mol. The molecule has 0 unspecified atom stereocenters. The van der Waals surface area contributed by atoms with Gasteiger partial charge in [-0.25, -0.2) is 4.90 Å². The molecule has 0 aromatic heterocycles. The molecule has 2 aromatic carbocycles. The van der Waals surface area contributed by atoms with Gasteiger partial charge in [-0.3, -0.25) is 9.59 Å².